The molecule has 1 aliphatic carbocycles. The van der Waals surface area contributed by atoms with Crippen LogP contribution in [0.5, 0.6) is 5.75 Å². The smallest absolute Gasteiger partial charge is 0.141 e. The van der Waals surface area contributed by atoms with Gasteiger partial charge in [0, 0.05) is 11.8 Å². The van der Waals surface area contributed by atoms with E-state index in [4.69, 9.17) is 4.74 Å². The lowest BCUT2D eigenvalue weighted by atomic mass is 9.85. The van der Waals surface area contributed by atoms with Crippen LogP contribution >= 0.6 is 0 Å². The Morgan fingerprint density at radius 1 is 1.42 bits per heavy atom. The number of aryl methyl sites for hydroxylation is 2. The van der Waals surface area contributed by atoms with E-state index in [9.17, 15) is 5.26 Å². The van der Waals surface area contributed by atoms with Crippen LogP contribution < -0.4 is 4.74 Å². The number of rotatable bonds is 3. The maximum absolute atomic E-state index is 9.25. The molecule has 19 heavy (non-hydrogen) atoms. The molecule has 2 atom stereocenters. The molecule has 0 aromatic carbocycles. The summed E-state index contributed by atoms with van der Waals surface area (Å²) in [5.41, 5.74) is 2.26. The highest BCUT2D eigenvalue weighted by Crippen LogP contribution is 2.31. The van der Waals surface area contributed by atoms with Gasteiger partial charge >= 0.3 is 0 Å². The van der Waals surface area contributed by atoms with Crippen molar-refractivity contribution in [2.45, 2.75) is 59.0 Å². The Bertz CT molecular complexity index is 490. The van der Waals surface area contributed by atoms with Crippen LogP contribution in [0.15, 0.2) is 6.07 Å². The number of hydrogen-bond acceptors (Lipinski definition) is 3. The normalized spacial score (nSPS) is 22.8. The molecule has 0 aliphatic heterocycles. The number of nitriles is 1. The van der Waals surface area contributed by atoms with Gasteiger partial charge in [0.1, 0.15) is 17.4 Å². The van der Waals surface area contributed by atoms with Gasteiger partial charge in [-0.3, -0.25) is 4.98 Å². The average Bonchev–Trinajstić information content (AvgIpc) is 2.38. The van der Waals surface area contributed by atoms with Gasteiger partial charge in [-0.05, 0) is 39.0 Å². The molecule has 3 nitrogen and oxygen atoms in total. The van der Waals surface area contributed by atoms with Gasteiger partial charge in [0.15, 0.2) is 0 Å². The van der Waals surface area contributed by atoms with Crippen LogP contribution in [0.25, 0.3) is 0 Å². The average molecular weight is 258 g/mol. The monoisotopic (exact) mass is 258 g/mol. The summed E-state index contributed by atoms with van der Waals surface area (Å²) in [4.78, 5) is 4.33. The van der Waals surface area contributed by atoms with Crippen molar-refractivity contribution in [1.29, 1.82) is 5.26 Å². The van der Waals surface area contributed by atoms with Gasteiger partial charge in [-0.15, -0.1) is 0 Å². The third-order valence-electron chi connectivity index (χ3n) is 4.01. The highest BCUT2D eigenvalue weighted by molar-refractivity contribution is 5.46. The van der Waals surface area contributed by atoms with Gasteiger partial charge in [-0.1, -0.05) is 19.8 Å². The van der Waals surface area contributed by atoms with E-state index in [2.05, 4.69) is 18.0 Å². The van der Waals surface area contributed by atoms with Crippen LogP contribution in [0.1, 0.15) is 56.0 Å². The summed E-state index contributed by atoms with van der Waals surface area (Å²) in [6, 6.07) is 4.11. The second-order valence-corrected chi connectivity index (χ2v) is 5.51. The summed E-state index contributed by atoms with van der Waals surface area (Å²) in [6.45, 7) is 6.05. The maximum atomic E-state index is 9.25. The second kappa shape index (κ2) is 6.06. The van der Waals surface area contributed by atoms with Gasteiger partial charge in [0.05, 0.1) is 11.8 Å². The standard InChI is InChI=1S/C16H22N2O/c1-4-13-6-5-7-14(9-13)19-16-8-11(2)18-12(3)15(16)10-17/h8,13-14H,4-7,9H2,1-3H3. The van der Waals surface area contributed by atoms with Crippen molar-refractivity contribution in [2.24, 2.45) is 5.92 Å². The van der Waals surface area contributed by atoms with Crippen LogP contribution in [0.3, 0.4) is 0 Å². The van der Waals surface area contributed by atoms with Gasteiger partial charge < -0.3 is 4.74 Å². The summed E-state index contributed by atoms with van der Waals surface area (Å²) in [5, 5.41) is 9.25. The third-order valence-corrected chi connectivity index (χ3v) is 4.01. The lowest BCUT2D eigenvalue weighted by Gasteiger charge is -2.29. The molecule has 0 amide bonds. The number of aromatic nitrogens is 1. The number of pyridine rings is 1. The summed E-state index contributed by atoms with van der Waals surface area (Å²) in [5.74, 6) is 1.49. The van der Waals surface area contributed by atoms with E-state index < -0.39 is 0 Å². The summed E-state index contributed by atoms with van der Waals surface area (Å²) in [7, 11) is 0. The van der Waals surface area contributed by atoms with Crippen molar-refractivity contribution >= 4 is 0 Å². The summed E-state index contributed by atoms with van der Waals surface area (Å²) < 4.78 is 6.11. The molecule has 0 radical (unpaired) electrons. The predicted octanol–water partition coefficient (Wildman–Crippen LogP) is 3.92. The molecule has 0 saturated heterocycles. The molecule has 0 N–H and O–H groups in total. The zero-order valence-corrected chi connectivity index (χ0v) is 12.1. The first-order chi connectivity index (χ1) is 9.13. The second-order valence-electron chi connectivity index (χ2n) is 5.51. The summed E-state index contributed by atoms with van der Waals surface area (Å²) in [6.07, 6.45) is 6.24. The Morgan fingerprint density at radius 2 is 2.21 bits per heavy atom. The molecule has 2 rings (SSSR count). The van der Waals surface area contributed by atoms with E-state index in [1.54, 1.807) is 0 Å². The molecule has 102 valence electrons. The van der Waals surface area contributed by atoms with Crippen LogP contribution in [0.2, 0.25) is 0 Å². The Balaban J connectivity index is 2.17. The van der Waals surface area contributed by atoms with E-state index in [1.165, 1.54) is 19.3 Å². The van der Waals surface area contributed by atoms with E-state index in [1.807, 2.05) is 19.9 Å². The predicted molar refractivity (Wildman–Crippen MR) is 75.1 cm³/mol. The van der Waals surface area contributed by atoms with Crippen LogP contribution in [0.4, 0.5) is 0 Å². The zero-order valence-electron chi connectivity index (χ0n) is 12.1. The van der Waals surface area contributed by atoms with Crippen molar-refractivity contribution in [3.63, 3.8) is 0 Å². The first-order valence-corrected chi connectivity index (χ1v) is 7.19. The Hall–Kier alpha value is -1.56. The van der Waals surface area contributed by atoms with Gasteiger partial charge in [0.25, 0.3) is 0 Å². The Kier molecular flexibility index (Phi) is 4.42. The van der Waals surface area contributed by atoms with Gasteiger partial charge in [0.2, 0.25) is 0 Å². The van der Waals surface area contributed by atoms with E-state index in [0.717, 1.165) is 30.1 Å². The minimum absolute atomic E-state index is 0.256. The minimum atomic E-state index is 0.256. The minimum Gasteiger partial charge on any atom is -0.489 e. The number of ether oxygens (including phenoxy) is 1. The number of nitrogens with zero attached hydrogens (tertiary/aromatic N) is 2. The van der Waals surface area contributed by atoms with Crippen molar-refractivity contribution < 1.29 is 4.74 Å². The van der Waals surface area contributed by atoms with Crippen LogP contribution in [0, 0.1) is 31.1 Å². The van der Waals surface area contributed by atoms with E-state index >= 15 is 0 Å². The molecule has 1 saturated carbocycles. The lowest BCUT2D eigenvalue weighted by molar-refractivity contribution is 0.121. The first-order valence-electron chi connectivity index (χ1n) is 7.19. The van der Waals surface area contributed by atoms with Crippen LogP contribution in [-0.2, 0) is 0 Å². The van der Waals surface area contributed by atoms with Crippen molar-refractivity contribution in [2.75, 3.05) is 0 Å². The van der Waals surface area contributed by atoms with Gasteiger partial charge in [-0.2, -0.15) is 5.26 Å². The highest BCUT2D eigenvalue weighted by atomic mass is 16.5. The number of hydrogen-bond donors (Lipinski definition) is 0. The van der Waals surface area contributed by atoms with Crippen molar-refractivity contribution in [3.05, 3.63) is 23.0 Å². The molecule has 3 heteroatoms. The molecular formula is C16H22N2O. The van der Waals surface area contributed by atoms with Crippen molar-refractivity contribution in [3.8, 4) is 11.8 Å². The van der Waals surface area contributed by atoms with E-state index in [0.29, 0.717) is 11.3 Å². The molecule has 1 fully saturated rings. The maximum Gasteiger partial charge on any atom is 0.141 e. The molecule has 0 bridgehead atoms. The summed E-state index contributed by atoms with van der Waals surface area (Å²) >= 11 is 0. The fourth-order valence-corrected chi connectivity index (χ4v) is 2.92. The quantitative estimate of drug-likeness (QED) is 0.825. The lowest BCUT2D eigenvalue weighted by Crippen LogP contribution is -2.25. The topological polar surface area (TPSA) is 45.9 Å². The fraction of sp³-hybridized carbons (Fsp3) is 0.625. The molecule has 2 unspecified atom stereocenters. The molecule has 0 spiro atoms. The highest BCUT2D eigenvalue weighted by Gasteiger charge is 2.23. The molecule has 1 heterocycles. The molecular weight excluding hydrogens is 236 g/mol. The molecule has 1 aromatic heterocycles. The zero-order chi connectivity index (χ0) is 13.8. The molecule has 1 aromatic rings. The first kappa shape index (κ1) is 13.9. The van der Waals surface area contributed by atoms with Gasteiger partial charge in [-0.25, -0.2) is 0 Å². The SMILES string of the molecule is CCC1CCCC(Oc2cc(C)nc(C)c2C#N)C1. The Labute approximate surface area is 115 Å². The Morgan fingerprint density at radius 3 is 2.89 bits per heavy atom. The fourth-order valence-electron chi connectivity index (χ4n) is 2.92. The third kappa shape index (κ3) is 3.26. The largest absolute Gasteiger partial charge is 0.489 e. The molecule has 1 aliphatic rings. The van der Waals surface area contributed by atoms with E-state index in [-0.39, 0.29) is 6.10 Å². The van der Waals surface area contributed by atoms with Crippen LogP contribution in [-0.4, -0.2) is 11.1 Å². The van der Waals surface area contributed by atoms with Crippen molar-refractivity contribution in [1.82, 2.24) is 4.98 Å².